The minimum absolute atomic E-state index is 0.143. The fraction of sp³-hybridized carbons (Fsp3) is 0.391. The van der Waals surface area contributed by atoms with E-state index >= 15 is 0 Å². The van der Waals surface area contributed by atoms with Crippen LogP contribution in [0.1, 0.15) is 44.7 Å². The Bertz CT molecular complexity index is 821. The van der Waals surface area contributed by atoms with Gasteiger partial charge >= 0.3 is 0 Å². The summed E-state index contributed by atoms with van der Waals surface area (Å²) in [5.74, 6) is 0. The van der Waals surface area contributed by atoms with Crippen molar-refractivity contribution in [1.82, 2.24) is 4.90 Å². The summed E-state index contributed by atoms with van der Waals surface area (Å²) in [6, 6.07) is 21.2. The van der Waals surface area contributed by atoms with Crippen LogP contribution in [0.3, 0.4) is 0 Å². The number of anilines is 1. The third-order valence-corrected chi connectivity index (χ3v) is 5.81. The van der Waals surface area contributed by atoms with Gasteiger partial charge in [0.15, 0.2) is 5.11 Å². The van der Waals surface area contributed by atoms with Gasteiger partial charge in [0.05, 0.1) is 11.5 Å². The number of likely N-dealkylation sites (tertiary alicyclic amines) is 1. The Balaban J connectivity index is 1.63. The summed E-state index contributed by atoms with van der Waals surface area (Å²) in [6.07, 6.45) is 1.58. The second-order valence-electron chi connectivity index (χ2n) is 8.30. The summed E-state index contributed by atoms with van der Waals surface area (Å²) in [7, 11) is 0. The first-order valence-electron chi connectivity index (χ1n) is 9.47. The highest BCUT2D eigenvalue weighted by Crippen LogP contribution is 2.35. The van der Waals surface area contributed by atoms with Gasteiger partial charge in [0.1, 0.15) is 0 Å². The number of nitrogens with one attached hydrogen (secondary N) is 1. The molecule has 4 heteroatoms. The highest BCUT2D eigenvalue weighted by atomic mass is 32.1. The zero-order valence-electron chi connectivity index (χ0n) is 16.3. The molecule has 27 heavy (non-hydrogen) atoms. The molecule has 0 aliphatic carbocycles. The smallest absolute Gasteiger partial charge is 0.173 e. The molecule has 0 spiro atoms. The Morgan fingerprint density at radius 3 is 2.15 bits per heavy atom. The number of rotatable bonds is 2. The van der Waals surface area contributed by atoms with Gasteiger partial charge in [-0.2, -0.15) is 5.26 Å². The second-order valence-corrected chi connectivity index (χ2v) is 8.69. The summed E-state index contributed by atoms with van der Waals surface area (Å²) in [6.45, 7) is 8.20. The van der Waals surface area contributed by atoms with Gasteiger partial charge in [-0.05, 0) is 53.7 Å². The van der Waals surface area contributed by atoms with Crippen molar-refractivity contribution in [2.24, 2.45) is 0 Å². The highest BCUT2D eigenvalue weighted by molar-refractivity contribution is 7.80. The van der Waals surface area contributed by atoms with Crippen molar-refractivity contribution < 1.29 is 0 Å². The van der Waals surface area contributed by atoms with Crippen molar-refractivity contribution in [2.75, 3.05) is 18.4 Å². The van der Waals surface area contributed by atoms with Crippen LogP contribution >= 0.6 is 12.2 Å². The predicted molar refractivity (Wildman–Crippen MR) is 116 cm³/mol. The predicted octanol–water partition coefficient (Wildman–Crippen LogP) is 5.24. The fourth-order valence-electron chi connectivity index (χ4n) is 3.57. The normalized spacial score (nSPS) is 16.4. The summed E-state index contributed by atoms with van der Waals surface area (Å²) in [5, 5.41) is 13.9. The van der Waals surface area contributed by atoms with Crippen LogP contribution in [0.5, 0.6) is 0 Å². The van der Waals surface area contributed by atoms with Gasteiger partial charge in [-0.3, -0.25) is 0 Å². The molecule has 0 amide bonds. The van der Waals surface area contributed by atoms with Crippen LogP contribution in [-0.4, -0.2) is 23.1 Å². The molecule has 1 aliphatic rings. The van der Waals surface area contributed by atoms with Crippen molar-refractivity contribution in [2.45, 2.75) is 44.4 Å². The van der Waals surface area contributed by atoms with E-state index in [1.807, 2.05) is 18.2 Å². The SMILES string of the molecule is CC(C)(C)c1ccc(NC(=S)N2CCC(C#N)(c3ccccc3)CC2)cc1. The van der Waals surface area contributed by atoms with E-state index in [0.29, 0.717) is 0 Å². The number of thiocarbonyl (C=S) groups is 1. The van der Waals surface area contributed by atoms with Crippen LogP contribution in [0.4, 0.5) is 5.69 Å². The highest BCUT2D eigenvalue weighted by Gasteiger charge is 2.36. The number of nitrogens with zero attached hydrogens (tertiary/aromatic N) is 2. The van der Waals surface area contributed by atoms with Gasteiger partial charge < -0.3 is 10.2 Å². The van der Waals surface area contributed by atoms with E-state index in [0.717, 1.165) is 42.3 Å². The Labute approximate surface area is 168 Å². The lowest BCUT2D eigenvalue weighted by Gasteiger charge is -2.38. The molecule has 0 unspecified atom stereocenters. The van der Waals surface area contributed by atoms with E-state index in [9.17, 15) is 5.26 Å². The van der Waals surface area contributed by atoms with Gasteiger partial charge in [-0.25, -0.2) is 0 Å². The van der Waals surface area contributed by atoms with E-state index in [4.69, 9.17) is 12.2 Å². The molecular formula is C23H27N3S. The molecule has 3 nitrogen and oxygen atoms in total. The van der Waals surface area contributed by atoms with Crippen molar-refractivity contribution in [1.29, 1.82) is 5.26 Å². The lowest BCUT2D eigenvalue weighted by atomic mass is 9.74. The molecule has 2 aromatic carbocycles. The molecule has 3 rings (SSSR count). The molecule has 0 atom stereocenters. The second kappa shape index (κ2) is 7.70. The lowest BCUT2D eigenvalue weighted by molar-refractivity contribution is 0.272. The molecule has 0 bridgehead atoms. The molecule has 1 heterocycles. The molecule has 1 N–H and O–H groups in total. The van der Waals surface area contributed by atoms with E-state index in [1.54, 1.807) is 0 Å². The number of benzene rings is 2. The van der Waals surface area contributed by atoms with E-state index < -0.39 is 5.41 Å². The number of hydrogen-bond acceptors (Lipinski definition) is 2. The number of nitriles is 1. The summed E-state index contributed by atoms with van der Waals surface area (Å²) in [5.41, 5.74) is 3.17. The lowest BCUT2D eigenvalue weighted by Crippen LogP contribution is -2.46. The van der Waals surface area contributed by atoms with E-state index in [2.05, 4.69) is 73.5 Å². The molecule has 2 aromatic rings. The molecule has 0 aromatic heterocycles. The van der Waals surface area contributed by atoms with Crippen LogP contribution in [0.25, 0.3) is 0 Å². The maximum Gasteiger partial charge on any atom is 0.173 e. The summed E-state index contributed by atoms with van der Waals surface area (Å²) >= 11 is 5.62. The van der Waals surface area contributed by atoms with Gasteiger partial charge in [0, 0.05) is 18.8 Å². The fourth-order valence-corrected chi connectivity index (χ4v) is 3.87. The number of hydrogen-bond donors (Lipinski definition) is 1. The van der Waals surface area contributed by atoms with Gasteiger partial charge in [0.25, 0.3) is 0 Å². The first-order valence-corrected chi connectivity index (χ1v) is 9.88. The van der Waals surface area contributed by atoms with E-state index in [1.165, 1.54) is 5.56 Å². The van der Waals surface area contributed by atoms with Crippen molar-refractivity contribution in [3.63, 3.8) is 0 Å². The van der Waals surface area contributed by atoms with Crippen molar-refractivity contribution in [3.05, 3.63) is 65.7 Å². The third-order valence-electron chi connectivity index (χ3n) is 5.45. The Morgan fingerprint density at radius 1 is 1.04 bits per heavy atom. The minimum atomic E-state index is -0.401. The molecule has 140 valence electrons. The summed E-state index contributed by atoms with van der Waals surface area (Å²) < 4.78 is 0. The van der Waals surface area contributed by atoms with Gasteiger partial charge in [0.2, 0.25) is 0 Å². The summed E-state index contributed by atoms with van der Waals surface area (Å²) in [4.78, 5) is 2.17. The minimum Gasteiger partial charge on any atom is -0.349 e. The molecule has 0 radical (unpaired) electrons. The van der Waals surface area contributed by atoms with Crippen LogP contribution in [0.15, 0.2) is 54.6 Å². The largest absolute Gasteiger partial charge is 0.349 e. The maximum atomic E-state index is 9.83. The average Bonchev–Trinajstić information content (AvgIpc) is 2.68. The standard InChI is InChI=1S/C23H27N3S/c1-22(2,3)18-9-11-20(12-10-18)25-21(27)26-15-13-23(17-24,14-16-26)19-7-5-4-6-8-19/h4-12H,13-16H2,1-3H3,(H,25,27). The van der Waals surface area contributed by atoms with E-state index in [-0.39, 0.29) is 5.41 Å². The third kappa shape index (κ3) is 4.31. The number of piperidine rings is 1. The van der Waals surface area contributed by atoms with Gasteiger partial charge in [-0.15, -0.1) is 0 Å². The topological polar surface area (TPSA) is 39.1 Å². The molecule has 1 fully saturated rings. The Morgan fingerprint density at radius 2 is 1.63 bits per heavy atom. The van der Waals surface area contributed by atoms with Crippen LogP contribution in [0, 0.1) is 11.3 Å². The monoisotopic (exact) mass is 377 g/mol. The van der Waals surface area contributed by atoms with Crippen molar-refractivity contribution in [3.8, 4) is 6.07 Å². The zero-order valence-corrected chi connectivity index (χ0v) is 17.1. The molecule has 0 saturated carbocycles. The zero-order chi connectivity index (χ0) is 19.5. The van der Waals surface area contributed by atoms with Crippen LogP contribution in [-0.2, 0) is 10.8 Å². The molecule has 1 saturated heterocycles. The Kier molecular flexibility index (Phi) is 5.53. The van der Waals surface area contributed by atoms with Crippen LogP contribution in [0.2, 0.25) is 0 Å². The quantitative estimate of drug-likeness (QED) is 0.727. The molecular weight excluding hydrogens is 350 g/mol. The maximum absolute atomic E-state index is 9.83. The average molecular weight is 378 g/mol. The molecule has 1 aliphatic heterocycles. The first kappa shape index (κ1) is 19.4. The Hall–Kier alpha value is -2.38. The van der Waals surface area contributed by atoms with Crippen LogP contribution < -0.4 is 5.32 Å². The van der Waals surface area contributed by atoms with Gasteiger partial charge in [-0.1, -0.05) is 63.2 Å². The first-order chi connectivity index (χ1) is 12.8. The van der Waals surface area contributed by atoms with Crippen molar-refractivity contribution >= 4 is 23.0 Å².